The lowest BCUT2D eigenvalue weighted by molar-refractivity contribution is 0.102. The first-order chi connectivity index (χ1) is 12.2. The molecule has 0 spiro atoms. The van der Waals surface area contributed by atoms with E-state index in [1.165, 1.54) is 0 Å². The normalized spacial score (nSPS) is 15.0. The molecule has 2 heterocycles. The number of carbonyl (C=O) groups is 1. The molecular weight excluding hydrogens is 338 g/mol. The Hall–Kier alpha value is -3.05. The molecule has 1 atom stereocenters. The fourth-order valence-corrected chi connectivity index (χ4v) is 2.78. The number of benzene rings is 2. The number of hydrogen-bond acceptors (Lipinski definition) is 4. The van der Waals surface area contributed by atoms with Crippen molar-refractivity contribution < 1.29 is 9.53 Å². The van der Waals surface area contributed by atoms with Crippen molar-refractivity contribution in [1.29, 1.82) is 0 Å². The summed E-state index contributed by atoms with van der Waals surface area (Å²) >= 11 is 5.87. The highest BCUT2D eigenvalue weighted by Gasteiger charge is 2.26. The Bertz CT molecular complexity index is 903. The zero-order valence-electron chi connectivity index (χ0n) is 13.1. The molecule has 3 aromatic rings. The molecule has 0 fully saturated rings. The van der Waals surface area contributed by atoms with Crippen LogP contribution in [0.3, 0.4) is 0 Å². The van der Waals surface area contributed by atoms with E-state index in [9.17, 15) is 4.79 Å². The number of nitrogens with zero attached hydrogens (tertiary/aromatic N) is 1. The maximum absolute atomic E-state index is 12.5. The zero-order valence-corrected chi connectivity index (χ0v) is 13.8. The SMILES string of the molecule is O=C(Nc1ccccc1C1Nc2ncccc2O1)c1ccc(Cl)cc1. The van der Waals surface area contributed by atoms with Gasteiger partial charge in [0.15, 0.2) is 17.8 Å². The van der Waals surface area contributed by atoms with Crippen molar-refractivity contribution in [3.8, 4) is 5.75 Å². The molecule has 1 unspecified atom stereocenters. The van der Waals surface area contributed by atoms with Crippen molar-refractivity contribution in [2.45, 2.75) is 6.23 Å². The molecule has 0 aliphatic carbocycles. The molecule has 2 N–H and O–H groups in total. The number of pyridine rings is 1. The Kier molecular flexibility index (Phi) is 3.99. The first-order valence-corrected chi connectivity index (χ1v) is 8.12. The Morgan fingerprint density at radius 2 is 1.88 bits per heavy atom. The molecule has 1 amide bonds. The second-order valence-electron chi connectivity index (χ2n) is 5.54. The summed E-state index contributed by atoms with van der Waals surface area (Å²) < 4.78 is 5.89. The van der Waals surface area contributed by atoms with Gasteiger partial charge in [0.2, 0.25) is 0 Å². The van der Waals surface area contributed by atoms with Crippen molar-refractivity contribution in [2.75, 3.05) is 10.6 Å². The van der Waals surface area contributed by atoms with Crippen LogP contribution in [0.15, 0.2) is 66.9 Å². The average Bonchev–Trinajstić information content (AvgIpc) is 3.06. The molecule has 4 rings (SSSR count). The van der Waals surface area contributed by atoms with Gasteiger partial charge in [-0.2, -0.15) is 0 Å². The topological polar surface area (TPSA) is 63.2 Å². The van der Waals surface area contributed by atoms with Crippen molar-refractivity contribution in [2.24, 2.45) is 0 Å². The third-order valence-electron chi connectivity index (χ3n) is 3.88. The number of hydrogen-bond donors (Lipinski definition) is 2. The second-order valence-corrected chi connectivity index (χ2v) is 5.98. The van der Waals surface area contributed by atoms with E-state index in [2.05, 4.69) is 15.6 Å². The van der Waals surface area contributed by atoms with Crippen molar-refractivity contribution >= 4 is 29.0 Å². The van der Waals surface area contributed by atoms with E-state index in [1.54, 1.807) is 30.5 Å². The van der Waals surface area contributed by atoms with Crippen LogP contribution in [-0.2, 0) is 0 Å². The van der Waals surface area contributed by atoms with Gasteiger partial charge >= 0.3 is 0 Å². The Morgan fingerprint density at radius 3 is 2.68 bits per heavy atom. The third-order valence-corrected chi connectivity index (χ3v) is 4.13. The molecule has 6 heteroatoms. The number of para-hydroxylation sites is 1. The minimum Gasteiger partial charge on any atom is -0.462 e. The highest BCUT2D eigenvalue weighted by molar-refractivity contribution is 6.30. The van der Waals surface area contributed by atoms with Crippen LogP contribution in [0.2, 0.25) is 5.02 Å². The van der Waals surface area contributed by atoms with Gasteiger partial charge < -0.3 is 15.4 Å². The fourth-order valence-electron chi connectivity index (χ4n) is 2.65. The first-order valence-electron chi connectivity index (χ1n) is 7.75. The Balaban J connectivity index is 1.58. The van der Waals surface area contributed by atoms with E-state index in [1.807, 2.05) is 36.4 Å². The lowest BCUT2D eigenvalue weighted by Gasteiger charge is -2.16. The quantitative estimate of drug-likeness (QED) is 0.729. The van der Waals surface area contributed by atoms with E-state index in [-0.39, 0.29) is 5.91 Å². The summed E-state index contributed by atoms with van der Waals surface area (Å²) in [6, 6.07) is 17.9. The number of carbonyl (C=O) groups excluding carboxylic acids is 1. The molecule has 2 aromatic carbocycles. The van der Waals surface area contributed by atoms with Gasteiger partial charge in [-0.1, -0.05) is 29.8 Å². The fraction of sp³-hybridized carbons (Fsp3) is 0.0526. The predicted octanol–water partition coefficient (Wildman–Crippen LogP) is 4.49. The van der Waals surface area contributed by atoms with Crippen LogP contribution in [0.25, 0.3) is 0 Å². The number of nitrogens with one attached hydrogen (secondary N) is 2. The summed E-state index contributed by atoms with van der Waals surface area (Å²) in [5.74, 6) is 1.16. The minimum absolute atomic E-state index is 0.210. The maximum atomic E-state index is 12.5. The van der Waals surface area contributed by atoms with Crippen molar-refractivity contribution in [1.82, 2.24) is 4.98 Å². The van der Waals surface area contributed by atoms with Crippen LogP contribution in [0.5, 0.6) is 5.75 Å². The molecule has 0 saturated heterocycles. The summed E-state index contributed by atoms with van der Waals surface area (Å²) in [7, 11) is 0. The molecule has 25 heavy (non-hydrogen) atoms. The van der Waals surface area contributed by atoms with Gasteiger partial charge in [0.05, 0.1) is 0 Å². The lowest BCUT2D eigenvalue weighted by atomic mass is 10.1. The van der Waals surface area contributed by atoms with Crippen LogP contribution in [0, 0.1) is 0 Å². The zero-order chi connectivity index (χ0) is 17.2. The van der Waals surface area contributed by atoms with Crippen LogP contribution < -0.4 is 15.4 Å². The van der Waals surface area contributed by atoms with Gasteiger partial charge in [-0.3, -0.25) is 4.79 Å². The van der Waals surface area contributed by atoms with Gasteiger partial charge in [0, 0.05) is 28.0 Å². The first kappa shape index (κ1) is 15.5. The molecular formula is C19H14ClN3O2. The molecule has 1 aliphatic heterocycles. The molecule has 5 nitrogen and oxygen atoms in total. The van der Waals surface area contributed by atoms with Crippen molar-refractivity contribution in [3.63, 3.8) is 0 Å². The average molecular weight is 352 g/mol. The van der Waals surface area contributed by atoms with E-state index < -0.39 is 6.23 Å². The van der Waals surface area contributed by atoms with Crippen LogP contribution >= 0.6 is 11.6 Å². The standard InChI is InChI=1S/C19H14ClN3O2/c20-13-9-7-12(8-10-13)18(24)22-15-5-2-1-4-14(15)19-23-17-16(25-19)6-3-11-21-17/h1-11,19H,(H,21,23)(H,22,24). The second kappa shape index (κ2) is 6.45. The number of halogens is 1. The van der Waals surface area contributed by atoms with Crippen LogP contribution in [0.1, 0.15) is 22.1 Å². The minimum atomic E-state index is -0.411. The summed E-state index contributed by atoms with van der Waals surface area (Å²) in [4.78, 5) is 16.7. The summed E-state index contributed by atoms with van der Waals surface area (Å²) in [6.07, 6.45) is 1.29. The van der Waals surface area contributed by atoms with E-state index in [4.69, 9.17) is 16.3 Å². The number of rotatable bonds is 3. The molecule has 0 saturated carbocycles. The molecule has 124 valence electrons. The van der Waals surface area contributed by atoms with Gasteiger partial charge in [0.1, 0.15) is 0 Å². The highest BCUT2D eigenvalue weighted by atomic mass is 35.5. The molecule has 1 aliphatic rings. The number of anilines is 2. The number of amides is 1. The molecule has 0 radical (unpaired) electrons. The number of ether oxygens (including phenoxy) is 1. The summed E-state index contributed by atoms with van der Waals surface area (Å²) in [5, 5.41) is 6.73. The van der Waals surface area contributed by atoms with Gasteiger partial charge in [-0.05, 0) is 42.5 Å². The summed E-state index contributed by atoms with van der Waals surface area (Å²) in [6.45, 7) is 0. The molecule has 0 bridgehead atoms. The van der Waals surface area contributed by atoms with E-state index >= 15 is 0 Å². The monoisotopic (exact) mass is 351 g/mol. The summed E-state index contributed by atoms with van der Waals surface area (Å²) in [5.41, 5.74) is 2.03. The van der Waals surface area contributed by atoms with Crippen LogP contribution in [-0.4, -0.2) is 10.9 Å². The van der Waals surface area contributed by atoms with Gasteiger partial charge in [-0.25, -0.2) is 4.98 Å². The largest absolute Gasteiger partial charge is 0.462 e. The van der Waals surface area contributed by atoms with E-state index in [0.29, 0.717) is 27.8 Å². The maximum Gasteiger partial charge on any atom is 0.255 e. The van der Waals surface area contributed by atoms with Crippen molar-refractivity contribution in [3.05, 3.63) is 83.0 Å². The third kappa shape index (κ3) is 3.14. The number of fused-ring (bicyclic) bond motifs is 1. The van der Waals surface area contributed by atoms with Gasteiger partial charge in [0.25, 0.3) is 5.91 Å². The number of aromatic nitrogens is 1. The Morgan fingerprint density at radius 1 is 1.08 bits per heavy atom. The lowest BCUT2D eigenvalue weighted by Crippen LogP contribution is -2.17. The smallest absolute Gasteiger partial charge is 0.255 e. The molecule has 1 aromatic heterocycles. The highest BCUT2D eigenvalue weighted by Crippen LogP contribution is 2.37. The van der Waals surface area contributed by atoms with Crippen LogP contribution in [0.4, 0.5) is 11.5 Å². The van der Waals surface area contributed by atoms with Gasteiger partial charge in [-0.15, -0.1) is 0 Å². The predicted molar refractivity (Wildman–Crippen MR) is 97.1 cm³/mol. The Labute approximate surface area is 149 Å². The van der Waals surface area contributed by atoms with E-state index in [0.717, 1.165) is 5.56 Å².